The first-order chi connectivity index (χ1) is 12.7. The number of hydrogen-bond donors (Lipinski definition) is 0. The molecule has 0 aliphatic carbocycles. The Morgan fingerprint density at radius 2 is 1.15 bits per heavy atom. The zero-order valence-corrected chi connectivity index (χ0v) is 15.8. The second kappa shape index (κ2) is 18.8. The van der Waals surface area contributed by atoms with Crippen LogP contribution < -0.4 is 0 Å². The number of nitro groups is 1. The molecule has 0 aromatic rings. The van der Waals surface area contributed by atoms with Gasteiger partial charge in [0.15, 0.2) is 0 Å². The Morgan fingerprint density at radius 3 is 1.54 bits per heavy atom. The zero-order chi connectivity index (χ0) is 19.3. The molecule has 0 atom stereocenters. The van der Waals surface area contributed by atoms with Gasteiger partial charge in [-0.05, 0) is 44.6 Å². The normalized spacial score (nSPS) is 13.2. The lowest BCUT2D eigenvalue weighted by Crippen LogP contribution is -1.96. The van der Waals surface area contributed by atoms with Gasteiger partial charge in [0, 0.05) is 12.8 Å². The van der Waals surface area contributed by atoms with Gasteiger partial charge in [0.25, 0.3) is 0 Å². The molecule has 26 heavy (non-hydrogen) atoms. The van der Waals surface area contributed by atoms with Gasteiger partial charge in [-0.1, -0.05) is 67.7 Å². The van der Waals surface area contributed by atoms with E-state index in [2.05, 4.69) is 42.5 Å². The second-order valence-corrected chi connectivity index (χ2v) is 5.59. The van der Waals surface area contributed by atoms with Crippen LogP contribution in [-0.2, 0) is 4.79 Å². The van der Waals surface area contributed by atoms with Gasteiger partial charge in [-0.3, -0.25) is 10.1 Å². The number of hydrogen-bond acceptors (Lipinski definition) is 3. The summed E-state index contributed by atoms with van der Waals surface area (Å²) in [5, 5.41) is 10.6. The van der Waals surface area contributed by atoms with E-state index in [0.29, 0.717) is 19.3 Å². The molecule has 0 aromatic heterocycles. The fraction of sp³-hybridized carbons (Fsp3) is 0.409. The molecule has 0 N–H and O–H groups in total. The summed E-state index contributed by atoms with van der Waals surface area (Å²) < 4.78 is 0. The number of unbranched alkanes of at least 4 members (excludes halogenated alkanes) is 1. The summed E-state index contributed by atoms with van der Waals surface area (Å²) in [4.78, 5) is 20.4. The van der Waals surface area contributed by atoms with E-state index in [4.69, 9.17) is 0 Å². The number of rotatable bonds is 15. The lowest BCUT2D eigenvalue weighted by atomic mass is 10.2. The van der Waals surface area contributed by atoms with Crippen molar-refractivity contribution in [2.45, 2.75) is 58.3 Å². The molecule has 0 saturated carbocycles. The van der Waals surface area contributed by atoms with Crippen molar-refractivity contribution >= 4 is 6.29 Å². The van der Waals surface area contributed by atoms with E-state index in [-0.39, 0.29) is 10.6 Å². The number of aldehydes is 1. The Labute approximate surface area is 157 Å². The number of carbonyl (C=O) groups is 1. The molecule has 0 bridgehead atoms. The van der Waals surface area contributed by atoms with E-state index < -0.39 is 0 Å². The van der Waals surface area contributed by atoms with Gasteiger partial charge in [-0.2, -0.15) is 0 Å². The third kappa shape index (κ3) is 16.4. The van der Waals surface area contributed by atoms with Crippen molar-refractivity contribution < 1.29 is 9.72 Å². The van der Waals surface area contributed by atoms with E-state index >= 15 is 0 Å². The minimum atomic E-state index is -0.317. The van der Waals surface area contributed by atoms with Gasteiger partial charge in [-0.25, -0.2) is 0 Å². The summed E-state index contributed by atoms with van der Waals surface area (Å²) in [6, 6.07) is 0. The van der Waals surface area contributed by atoms with Gasteiger partial charge in [0.1, 0.15) is 6.29 Å². The molecule has 142 valence electrons. The fourth-order valence-corrected chi connectivity index (χ4v) is 2.01. The van der Waals surface area contributed by atoms with Crippen molar-refractivity contribution in [3.05, 3.63) is 82.6 Å². The summed E-state index contributed by atoms with van der Waals surface area (Å²) in [6.45, 7) is 1.79. The smallest absolute Gasteiger partial charge is 0.242 e. The average Bonchev–Trinajstić information content (AvgIpc) is 2.63. The molecule has 0 unspecified atom stereocenters. The first-order valence-corrected chi connectivity index (χ1v) is 9.24. The van der Waals surface area contributed by atoms with Crippen molar-refractivity contribution in [1.82, 2.24) is 0 Å². The van der Waals surface area contributed by atoms with Crippen molar-refractivity contribution in [1.29, 1.82) is 0 Å². The summed E-state index contributed by atoms with van der Waals surface area (Å²) >= 11 is 0. The maximum absolute atomic E-state index is 10.6. The standard InChI is InChI=1S/C22H31NO3/c1-2-22(23(25)26)20-18-16-14-12-10-8-6-4-3-5-7-9-11-13-15-17-19-21-24/h3-4,7-10,13-16,20-21H,2,5-6,11-12,17-19H2,1H3/b4-3+,9-7+,10-8+,15-13+,16-14+,22-20-. The van der Waals surface area contributed by atoms with Crippen LogP contribution in [0.2, 0.25) is 0 Å². The third-order valence-electron chi connectivity index (χ3n) is 3.46. The SMILES string of the molecule is CC/C(=C/C/C=C/C/C=C/C/C=C/C/C=C/C/C=C/CCC=O)[N+](=O)[O-]. The molecule has 0 spiro atoms. The largest absolute Gasteiger partial charge is 0.303 e. The van der Waals surface area contributed by atoms with Crippen LogP contribution in [0.25, 0.3) is 0 Å². The quantitative estimate of drug-likeness (QED) is 0.114. The summed E-state index contributed by atoms with van der Waals surface area (Å²) in [7, 11) is 0. The van der Waals surface area contributed by atoms with Crippen LogP contribution >= 0.6 is 0 Å². The van der Waals surface area contributed by atoms with Crippen molar-refractivity contribution in [3.8, 4) is 0 Å². The molecule has 0 rings (SSSR count). The molecule has 0 aliphatic heterocycles. The predicted octanol–water partition coefficient (Wildman–Crippen LogP) is 6.27. The van der Waals surface area contributed by atoms with Crippen molar-refractivity contribution in [2.24, 2.45) is 0 Å². The third-order valence-corrected chi connectivity index (χ3v) is 3.46. The zero-order valence-electron chi connectivity index (χ0n) is 15.8. The molecule has 4 heteroatoms. The molecule has 0 aromatic carbocycles. The van der Waals surface area contributed by atoms with Gasteiger partial charge < -0.3 is 4.79 Å². The summed E-state index contributed by atoms with van der Waals surface area (Å²) in [5.74, 6) is 0. The van der Waals surface area contributed by atoms with Crippen LogP contribution in [0, 0.1) is 10.1 Å². The number of carbonyl (C=O) groups excluding carboxylic acids is 1. The maximum atomic E-state index is 10.6. The van der Waals surface area contributed by atoms with Gasteiger partial charge >= 0.3 is 0 Å². The van der Waals surface area contributed by atoms with Crippen LogP contribution in [0.4, 0.5) is 0 Å². The topological polar surface area (TPSA) is 60.2 Å². The summed E-state index contributed by atoms with van der Waals surface area (Å²) in [6.07, 6.45) is 29.5. The monoisotopic (exact) mass is 357 g/mol. The first kappa shape index (κ1) is 23.5. The maximum Gasteiger partial charge on any atom is 0.242 e. The molecule has 0 fully saturated rings. The Balaban J connectivity index is 3.70. The van der Waals surface area contributed by atoms with Crippen LogP contribution in [-0.4, -0.2) is 11.2 Å². The molecule has 0 heterocycles. The van der Waals surface area contributed by atoms with E-state index in [0.717, 1.165) is 38.4 Å². The first-order valence-electron chi connectivity index (χ1n) is 9.24. The lowest BCUT2D eigenvalue weighted by molar-refractivity contribution is -0.427. The van der Waals surface area contributed by atoms with Crippen molar-refractivity contribution in [2.75, 3.05) is 0 Å². The molecular formula is C22H31NO3. The molecule has 0 amide bonds. The minimum absolute atomic E-state index is 0.276. The van der Waals surface area contributed by atoms with Gasteiger partial charge in [0.05, 0.1) is 4.92 Å². The number of nitrogens with zero attached hydrogens (tertiary/aromatic N) is 1. The highest BCUT2D eigenvalue weighted by atomic mass is 16.6. The Bertz CT molecular complexity index is 552. The molecular weight excluding hydrogens is 326 g/mol. The molecule has 0 radical (unpaired) electrons. The van der Waals surface area contributed by atoms with E-state index in [1.807, 2.05) is 18.2 Å². The minimum Gasteiger partial charge on any atom is -0.303 e. The van der Waals surface area contributed by atoms with E-state index in [9.17, 15) is 14.9 Å². The Kier molecular flexibility index (Phi) is 17.0. The van der Waals surface area contributed by atoms with E-state index in [1.54, 1.807) is 13.0 Å². The average molecular weight is 357 g/mol. The Morgan fingerprint density at radius 1 is 0.731 bits per heavy atom. The summed E-state index contributed by atoms with van der Waals surface area (Å²) in [5.41, 5.74) is 0.276. The van der Waals surface area contributed by atoms with E-state index in [1.165, 1.54) is 0 Å². The highest BCUT2D eigenvalue weighted by Crippen LogP contribution is 2.03. The van der Waals surface area contributed by atoms with Crippen LogP contribution in [0.15, 0.2) is 72.5 Å². The fourth-order valence-electron chi connectivity index (χ4n) is 2.01. The molecule has 4 nitrogen and oxygen atoms in total. The van der Waals surface area contributed by atoms with Crippen LogP contribution in [0.1, 0.15) is 58.3 Å². The highest BCUT2D eigenvalue weighted by molar-refractivity contribution is 5.49. The second-order valence-electron chi connectivity index (χ2n) is 5.59. The lowest BCUT2D eigenvalue weighted by Gasteiger charge is -1.91. The van der Waals surface area contributed by atoms with Gasteiger partial charge in [-0.15, -0.1) is 0 Å². The number of allylic oxidation sites excluding steroid dienone is 12. The van der Waals surface area contributed by atoms with Crippen molar-refractivity contribution in [3.63, 3.8) is 0 Å². The van der Waals surface area contributed by atoms with Crippen LogP contribution in [0.3, 0.4) is 0 Å². The Hall–Kier alpha value is -2.49. The van der Waals surface area contributed by atoms with Crippen LogP contribution in [0.5, 0.6) is 0 Å². The molecule has 0 saturated heterocycles. The predicted molar refractivity (Wildman–Crippen MR) is 109 cm³/mol. The highest BCUT2D eigenvalue weighted by Gasteiger charge is 2.03. The van der Waals surface area contributed by atoms with Gasteiger partial charge in [0.2, 0.25) is 5.70 Å². The molecule has 0 aliphatic rings.